The second-order valence-corrected chi connectivity index (χ2v) is 9.81. The minimum atomic E-state index is 0.903. The molecule has 2 unspecified atom stereocenters. The van der Waals surface area contributed by atoms with E-state index < -0.39 is 0 Å². The van der Waals surface area contributed by atoms with Crippen LogP contribution >= 0.6 is 0 Å². The van der Waals surface area contributed by atoms with Crippen LogP contribution in [0.15, 0.2) is 12.2 Å². The van der Waals surface area contributed by atoms with E-state index in [-0.39, 0.29) is 0 Å². The van der Waals surface area contributed by atoms with Gasteiger partial charge in [0.2, 0.25) is 0 Å². The molecule has 0 aromatic rings. The molecule has 0 nitrogen and oxygen atoms in total. The van der Waals surface area contributed by atoms with Crippen molar-refractivity contribution in [3.05, 3.63) is 12.2 Å². The Balaban J connectivity index is 1.35. The largest absolute Gasteiger partial charge is 0.0914 e. The zero-order chi connectivity index (χ0) is 17.5. The van der Waals surface area contributed by atoms with E-state index in [2.05, 4.69) is 26.0 Å². The van der Waals surface area contributed by atoms with E-state index in [4.69, 9.17) is 0 Å². The van der Waals surface area contributed by atoms with Crippen molar-refractivity contribution >= 4 is 0 Å². The summed E-state index contributed by atoms with van der Waals surface area (Å²) in [6.45, 7) is 4.52. The fraction of sp³-hybridized carbons (Fsp3) is 0.920. The first-order chi connectivity index (χ1) is 12.3. The molecule has 3 rings (SSSR count). The first-order valence-corrected chi connectivity index (χ1v) is 11.9. The maximum absolute atomic E-state index is 2.46. The number of hydrogen-bond acceptors (Lipinski definition) is 0. The molecule has 3 aliphatic rings. The Labute approximate surface area is 158 Å². The number of hydrogen-bond donors (Lipinski definition) is 0. The van der Waals surface area contributed by atoms with Crippen LogP contribution in [-0.4, -0.2) is 0 Å². The van der Waals surface area contributed by atoms with Gasteiger partial charge in [-0.3, -0.25) is 0 Å². The SMILES string of the molecule is CC=CC1CCC(C2CCC(C3CCC(CCCCC)C3)CC2)CC1. The maximum atomic E-state index is 2.46. The van der Waals surface area contributed by atoms with E-state index in [9.17, 15) is 0 Å². The molecule has 0 aromatic heterocycles. The van der Waals surface area contributed by atoms with Gasteiger partial charge in [0.15, 0.2) is 0 Å². The molecule has 25 heavy (non-hydrogen) atoms. The second-order valence-electron chi connectivity index (χ2n) is 9.81. The van der Waals surface area contributed by atoms with Gasteiger partial charge in [0.1, 0.15) is 0 Å². The van der Waals surface area contributed by atoms with Crippen LogP contribution in [0.1, 0.15) is 110 Å². The molecular weight excluding hydrogens is 300 g/mol. The molecule has 0 N–H and O–H groups in total. The topological polar surface area (TPSA) is 0 Å². The molecule has 144 valence electrons. The van der Waals surface area contributed by atoms with Crippen molar-refractivity contribution in [2.75, 3.05) is 0 Å². The molecule has 0 aromatic carbocycles. The first kappa shape index (κ1) is 19.5. The van der Waals surface area contributed by atoms with Gasteiger partial charge in [0.05, 0.1) is 0 Å². The van der Waals surface area contributed by atoms with E-state index in [0.717, 1.165) is 35.5 Å². The fourth-order valence-corrected chi connectivity index (χ4v) is 6.66. The summed E-state index contributed by atoms with van der Waals surface area (Å²) >= 11 is 0. The highest BCUT2D eigenvalue weighted by molar-refractivity contribution is 4.91. The molecule has 0 amide bonds. The lowest BCUT2D eigenvalue weighted by Gasteiger charge is -2.39. The zero-order valence-corrected chi connectivity index (χ0v) is 17.2. The Morgan fingerprint density at radius 1 is 0.680 bits per heavy atom. The van der Waals surface area contributed by atoms with Crippen molar-refractivity contribution in [3.8, 4) is 0 Å². The van der Waals surface area contributed by atoms with Crippen LogP contribution in [0.3, 0.4) is 0 Å². The standard InChI is InChI=1S/C25H44/c1-3-5-6-8-21-11-14-25(19-21)24-17-15-23(16-18-24)22-12-9-20(7-4-2)10-13-22/h4,7,20-25H,3,5-6,8-19H2,1-2H3. The average Bonchev–Trinajstić information content (AvgIpc) is 3.12. The summed E-state index contributed by atoms with van der Waals surface area (Å²) < 4.78 is 0. The third kappa shape index (κ3) is 5.61. The van der Waals surface area contributed by atoms with Gasteiger partial charge in [-0.05, 0) is 107 Å². The van der Waals surface area contributed by atoms with E-state index >= 15 is 0 Å². The lowest BCUT2D eigenvalue weighted by Crippen LogP contribution is -2.27. The van der Waals surface area contributed by atoms with E-state index in [1.807, 2.05) is 0 Å². The molecule has 0 spiro atoms. The zero-order valence-electron chi connectivity index (χ0n) is 17.2. The van der Waals surface area contributed by atoms with Gasteiger partial charge in [0, 0.05) is 0 Å². The highest BCUT2D eigenvalue weighted by Gasteiger charge is 2.35. The van der Waals surface area contributed by atoms with Gasteiger partial charge in [-0.1, -0.05) is 51.2 Å². The lowest BCUT2D eigenvalue weighted by molar-refractivity contribution is 0.131. The normalized spacial score (nSPS) is 39.9. The van der Waals surface area contributed by atoms with E-state index in [1.54, 1.807) is 44.9 Å². The van der Waals surface area contributed by atoms with Crippen molar-refractivity contribution < 1.29 is 0 Å². The maximum Gasteiger partial charge on any atom is -0.0233 e. The van der Waals surface area contributed by atoms with Crippen LogP contribution in [0.4, 0.5) is 0 Å². The van der Waals surface area contributed by atoms with Crippen LogP contribution in [0.2, 0.25) is 0 Å². The van der Waals surface area contributed by atoms with Gasteiger partial charge < -0.3 is 0 Å². The molecule has 0 bridgehead atoms. The summed E-state index contributed by atoms with van der Waals surface area (Å²) in [6, 6.07) is 0. The Hall–Kier alpha value is -0.260. The third-order valence-corrected chi connectivity index (χ3v) is 8.23. The van der Waals surface area contributed by atoms with Gasteiger partial charge in [-0.15, -0.1) is 0 Å². The number of rotatable bonds is 7. The summed E-state index contributed by atoms with van der Waals surface area (Å²) in [7, 11) is 0. The molecule has 3 aliphatic carbocycles. The predicted molar refractivity (Wildman–Crippen MR) is 111 cm³/mol. The van der Waals surface area contributed by atoms with Crippen LogP contribution in [0.25, 0.3) is 0 Å². The summed E-state index contributed by atoms with van der Waals surface area (Å²) in [5, 5.41) is 0. The Morgan fingerprint density at radius 3 is 1.84 bits per heavy atom. The monoisotopic (exact) mass is 344 g/mol. The van der Waals surface area contributed by atoms with Gasteiger partial charge in [-0.25, -0.2) is 0 Å². The highest BCUT2D eigenvalue weighted by atomic mass is 14.4. The summed E-state index contributed by atoms with van der Waals surface area (Å²) in [6.07, 6.45) is 27.6. The minimum Gasteiger partial charge on any atom is -0.0914 e. The van der Waals surface area contributed by atoms with Crippen LogP contribution in [0.5, 0.6) is 0 Å². The first-order valence-electron chi connectivity index (χ1n) is 11.9. The molecule has 0 radical (unpaired) electrons. The molecule has 3 saturated carbocycles. The van der Waals surface area contributed by atoms with E-state index in [1.165, 1.54) is 51.4 Å². The smallest absolute Gasteiger partial charge is 0.0233 e. The summed E-state index contributed by atoms with van der Waals surface area (Å²) in [5.74, 6) is 6.37. The van der Waals surface area contributed by atoms with Gasteiger partial charge >= 0.3 is 0 Å². The van der Waals surface area contributed by atoms with Crippen molar-refractivity contribution in [3.63, 3.8) is 0 Å². The molecule has 3 fully saturated rings. The van der Waals surface area contributed by atoms with Crippen molar-refractivity contribution in [1.29, 1.82) is 0 Å². The minimum absolute atomic E-state index is 0.903. The third-order valence-electron chi connectivity index (χ3n) is 8.23. The predicted octanol–water partition coefficient (Wildman–Crippen LogP) is 8.17. The van der Waals surface area contributed by atoms with E-state index in [0.29, 0.717) is 0 Å². The fourth-order valence-electron chi connectivity index (χ4n) is 6.66. The van der Waals surface area contributed by atoms with Crippen LogP contribution < -0.4 is 0 Å². The highest BCUT2D eigenvalue weighted by Crippen LogP contribution is 2.47. The second kappa shape index (κ2) is 10.2. The van der Waals surface area contributed by atoms with Gasteiger partial charge in [-0.2, -0.15) is 0 Å². The average molecular weight is 345 g/mol. The summed E-state index contributed by atoms with van der Waals surface area (Å²) in [5.41, 5.74) is 0. The number of allylic oxidation sites excluding steroid dienone is 2. The Kier molecular flexibility index (Phi) is 7.93. The van der Waals surface area contributed by atoms with Crippen LogP contribution in [0, 0.1) is 35.5 Å². The lowest BCUT2D eigenvalue weighted by atomic mass is 9.67. The molecule has 0 heterocycles. The van der Waals surface area contributed by atoms with Crippen molar-refractivity contribution in [2.24, 2.45) is 35.5 Å². The molecular formula is C25H44. The molecule has 0 aliphatic heterocycles. The quantitative estimate of drug-likeness (QED) is 0.322. The number of unbranched alkanes of at least 4 members (excludes halogenated alkanes) is 2. The molecule has 0 saturated heterocycles. The van der Waals surface area contributed by atoms with Crippen molar-refractivity contribution in [1.82, 2.24) is 0 Å². The molecule has 0 heteroatoms. The Bertz CT molecular complexity index is 379. The van der Waals surface area contributed by atoms with Crippen molar-refractivity contribution in [2.45, 2.75) is 110 Å². The summed E-state index contributed by atoms with van der Waals surface area (Å²) in [4.78, 5) is 0. The van der Waals surface area contributed by atoms with Crippen LogP contribution in [-0.2, 0) is 0 Å². The molecule has 2 atom stereocenters. The Morgan fingerprint density at radius 2 is 1.24 bits per heavy atom. The van der Waals surface area contributed by atoms with Gasteiger partial charge in [0.25, 0.3) is 0 Å².